The third-order valence-electron chi connectivity index (χ3n) is 6.36. The SMILES string of the molecule is CCC1CCc2c(sc3ncn4nc(-c5ccc(Cn6nc(C)cc6C)o5)nc4c23)C1. The van der Waals surface area contributed by atoms with Gasteiger partial charge >= 0.3 is 0 Å². The summed E-state index contributed by atoms with van der Waals surface area (Å²) in [5, 5.41) is 10.4. The number of thiophene rings is 1. The summed E-state index contributed by atoms with van der Waals surface area (Å²) < 4.78 is 9.82. The number of furan rings is 1. The molecule has 1 aliphatic rings. The second kappa shape index (κ2) is 7.02. The van der Waals surface area contributed by atoms with Crippen LogP contribution < -0.4 is 0 Å². The number of aromatic nitrogens is 6. The van der Waals surface area contributed by atoms with Crippen molar-refractivity contribution in [2.75, 3.05) is 0 Å². The molecule has 0 fully saturated rings. The number of aryl methyl sites for hydroxylation is 3. The van der Waals surface area contributed by atoms with E-state index < -0.39 is 0 Å². The fourth-order valence-electron chi connectivity index (χ4n) is 4.66. The van der Waals surface area contributed by atoms with E-state index in [1.807, 2.05) is 35.1 Å². The summed E-state index contributed by atoms with van der Waals surface area (Å²) >= 11 is 1.82. The Balaban J connectivity index is 1.38. The monoisotopic (exact) mass is 432 g/mol. The topological polar surface area (TPSA) is 74.0 Å². The van der Waals surface area contributed by atoms with Crippen molar-refractivity contribution in [3.63, 3.8) is 0 Å². The fourth-order valence-corrected chi connectivity index (χ4v) is 5.96. The van der Waals surface area contributed by atoms with E-state index >= 15 is 0 Å². The molecule has 0 aromatic carbocycles. The highest BCUT2D eigenvalue weighted by molar-refractivity contribution is 7.19. The first kappa shape index (κ1) is 18.7. The summed E-state index contributed by atoms with van der Waals surface area (Å²) in [5.41, 5.74) is 4.42. The van der Waals surface area contributed by atoms with Crippen LogP contribution in [0.1, 0.15) is 47.4 Å². The lowest BCUT2D eigenvalue weighted by Crippen LogP contribution is -2.11. The first-order valence-corrected chi connectivity index (χ1v) is 11.7. The Morgan fingerprint density at radius 3 is 2.94 bits per heavy atom. The Morgan fingerprint density at radius 1 is 1.23 bits per heavy atom. The average molecular weight is 433 g/mol. The number of hydrogen-bond acceptors (Lipinski definition) is 6. The minimum atomic E-state index is 0.593. The zero-order valence-corrected chi connectivity index (χ0v) is 18.7. The van der Waals surface area contributed by atoms with Gasteiger partial charge in [-0.05, 0) is 62.8 Å². The van der Waals surface area contributed by atoms with E-state index in [2.05, 4.69) is 35.1 Å². The Bertz CT molecular complexity index is 1420. The summed E-state index contributed by atoms with van der Waals surface area (Å²) in [4.78, 5) is 12.1. The molecule has 31 heavy (non-hydrogen) atoms. The Kier molecular flexibility index (Phi) is 4.24. The van der Waals surface area contributed by atoms with Crippen LogP contribution in [0.2, 0.25) is 0 Å². The molecular formula is C23H24N6OS. The van der Waals surface area contributed by atoms with Gasteiger partial charge in [0.15, 0.2) is 11.4 Å². The van der Waals surface area contributed by atoms with Crippen molar-refractivity contribution in [3.05, 3.63) is 52.1 Å². The maximum Gasteiger partial charge on any atom is 0.217 e. The number of fused-ring (bicyclic) bond motifs is 5. The highest BCUT2D eigenvalue weighted by atomic mass is 32.1. The Hall–Kier alpha value is -3.00. The molecule has 0 saturated heterocycles. The molecule has 8 heteroatoms. The molecule has 1 atom stereocenters. The lowest BCUT2D eigenvalue weighted by Gasteiger charge is -2.20. The van der Waals surface area contributed by atoms with Crippen LogP contribution in [-0.4, -0.2) is 29.4 Å². The minimum absolute atomic E-state index is 0.593. The minimum Gasteiger partial charge on any atom is -0.456 e. The van der Waals surface area contributed by atoms with Gasteiger partial charge in [0, 0.05) is 10.6 Å². The molecule has 158 valence electrons. The van der Waals surface area contributed by atoms with Gasteiger partial charge in [-0.2, -0.15) is 5.10 Å². The van der Waals surface area contributed by atoms with Crippen LogP contribution in [-0.2, 0) is 19.4 Å². The molecule has 0 bridgehead atoms. The average Bonchev–Trinajstić information content (AvgIpc) is 3.52. The van der Waals surface area contributed by atoms with Crippen molar-refractivity contribution in [3.8, 4) is 11.6 Å². The number of hydrogen-bond donors (Lipinski definition) is 0. The Morgan fingerprint density at radius 2 is 2.13 bits per heavy atom. The molecule has 0 amide bonds. The highest BCUT2D eigenvalue weighted by Gasteiger charge is 2.25. The van der Waals surface area contributed by atoms with Gasteiger partial charge in [-0.15, -0.1) is 16.4 Å². The van der Waals surface area contributed by atoms with Crippen molar-refractivity contribution in [1.82, 2.24) is 29.4 Å². The van der Waals surface area contributed by atoms with Crippen molar-refractivity contribution in [2.24, 2.45) is 5.92 Å². The first-order valence-electron chi connectivity index (χ1n) is 10.8. The Labute approximate surface area is 183 Å². The van der Waals surface area contributed by atoms with E-state index in [9.17, 15) is 0 Å². The zero-order valence-electron chi connectivity index (χ0n) is 17.9. The molecule has 5 heterocycles. The van der Waals surface area contributed by atoms with Crippen molar-refractivity contribution in [1.29, 1.82) is 0 Å². The van der Waals surface area contributed by atoms with E-state index in [4.69, 9.17) is 9.40 Å². The van der Waals surface area contributed by atoms with E-state index in [0.717, 1.165) is 46.4 Å². The third-order valence-corrected chi connectivity index (χ3v) is 7.52. The molecule has 7 nitrogen and oxygen atoms in total. The molecule has 6 rings (SSSR count). The van der Waals surface area contributed by atoms with Gasteiger partial charge in [-0.1, -0.05) is 13.3 Å². The molecule has 5 aromatic heterocycles. The zero-order chi connectivity index (χ0) is 21.1. The van der Waals surface area contributed by atoms with Crippen molar-refractivity contribution in [2.45, 2.75) is 53.0 Å². The molecule has 0 spiro atoms. The number of rotatable bonds is 4. The van der Waals surface area contributed by atoms with Gasteiger partial charge in [0.2, 0.25) is 5.82 Å². The van der Waals surface area contributed by atoms with Gasteiger partial charge in [0.05, 0.1) is 17.6 Å². The lowest BCUT2D eigenvalue weighted by atomic mass is 9.86. The fraction of sp³-hybridized carbons (Fsp3) is 0.391. The molecular weight excluding hydrogens is 408 g/mol. The summed E-state index contributed by atoms with van der Waals surface area (Å²) in [6.07, 6.45) is 6.52. The standard InChI is InChI=1S/C23H24N6OS/c1-4-15-5-7-17-19(10-15)31-23-20(17)22-25-21(27-29(22)12-24-23)18-8-6-16(30-18)11-28-14(3)9-13(2)26-28/h6,8-9,12,15H,4-5,7,10-11H2,1-3H3. The third kappa shape index (κ3) is 3.08. The predicted octanol–water partition coefficient (Wildman–Crippen LogP) is 4.98. The molecule has 0 saturated carbocycles. The van der Waals surface area contributed by atoms with Gasteiger partial charge in [-0.3, -0.25) is 4.68 Å². The first-order chi connectivity index (χ1) is 15.1. The summed E-state index contributed by atoms with van der Waals surface area (Å²) in [7, 11) is 0. The molecule has 0 N–H and O–H groups in total. The van der Waals surface area contributed by atoms with Gasteiger partial charge in [0.25, 0.3) is 0 Å². The molecule has 0 aliphatic heterocycles. The van der Waals surface area contributed by atoms with Crippen LogP contribution >= 0.6 is 11.3 Å². The molecule has 0 radical (unpaired) electrons. The van der Waals surface area contributed by atoms with Gasteiger partial charge < -0.3 is 4.42 Å². The van der Waals surface area contributed by atoms with E-state index in [1.165, 1.54) is 28.7 Å². The van der Waals surface area contributed by atoms with Crippen LogP contribution in [0.3, 0.4) is 0 Å². The van der Waals surface area contributed by atoms with Crippen LogP contribution in [0, 0.1) is 19.8 Å². The van der Waals surface area contributed by atoms with Gasteiger partial charge in [0.1, 0.15) is 16.9 Å². The van der Waals surface area contributed by atoms with Crippen molar-refractivity contribution >= 4 is 27.2 Å². The smallest absolute Gasteiger partial charge is 0.217 e. The highest BCUT2D eigenvalue weighted by Crippen LogP contribution is 2.39. The molecule has 1 aliphatic carbocycles. The van der Waals surface area contributed by atoms with E-state index in [-0.39, 0.29) is 0 Å². The van der Waals surface area contributed by atoms with Crippen LogP contribution in [0.5, 0.6) is 0 Å². The normalized spacial score (nSPS) is 16.4. The van der Waals surface area contributed by atoms with Crippen LogP contribution in [0.15, 0.2) is 28.9 Å². The number of nitrogens with zero attached hydrogens (tertiary/aromatic N) is 6. The van der Waals surface area contributed by atoms with Crippen LogP contribution in [0.4, 0.5) is 0 Å². The lowest BCUT2D eigenvalue weighted by molar-refractivity contribution is 0.451. The van der Waals surface area contributed by atoms with Gasteiger partial charge in [-0.25, -0.2) is 14.5 Å². The summed E-state index contributed by atoms with van der Waals surface area (Å²) in [6, 6.07) is 5.98. The maximum atomic E-state index is 6.09. The van der Waals surface area contributed by atoms with E-state index in [0.29, 0.717) is 18.1 Å². The van der Waals surface area contributed by atoms with E-state index in [1.54, 1.807) is 10.8 Å². The quantitative estimate of drug-likeness (QED) is 0.401. The van der Waals surface area contributed by atoms with Crippen LogP contribution in [0.25, 0.3) is 27.4 Å². The van der Waals surface area contributed by atoms with Crippen molar-refractivity contribution < 1.29 is 4.42 Å². The predicted molar refractivity (Wildman–Crippen MR) is 120 cm³/mol. The largest absolute Gasteiger partial charge is 0.456 e. The molecule has 5 aromatic rings. The second-order valence-electron chi connectivity index (χ2n) is 8.50. The summed E-state index contributed by atoms with van der Waals surface area (Å²) in [6.45, 7) is 6.93. The summed E-state index contributed by atoms with van der Waals surface area (Å²) in [5.74, 6) is 2.88. The molecule has 1 unspecified atom stereocenters. The second-order valence-corrected chi connectivity index (χ2v) is 9.58. The maximum absolute atomic E-state index is 6.09.